The number of benzene rings is 1. The van der Waals surface area contributed by atoms with Gasteiger partial charge in [0.15, 0.2) is 0 Å². The Morgan fingerprint density at radius 3 is 2.80 bits per heavy atom. The molecule has 0 heterocycles. The number of ether oxygens (including phenoxy) is 1. The van der Waals surface area contributed by atoms with Crippen LogP contribution in [-0.2, 0) is 6.42 Å². The average molecular weight is 213 g/mol. The summed E-state index contributed by atoms with van der Waals surface area (Å²) in [5.74, 6) is 0.158. The Balaban J connectivity index is 2.92. The summed E-state index contributed by atoms with van der Waals surface area (Å²) >= 11 is 0. The Labute approximate surface area is 87.4 Å². The number of hydrogen-bond acceptors (Lipinski definition) is 2. The van der Waals surface area contributed by atoms with E-state index in [0.29, 0.717) is 23.2 Å². The lowest BCUT2D eigenvalue weighted by atomic mass is 10.1. The van der Waals surface area contributed by atoms with Crippen LogP contribution in [0.15, 0.2) is 30.1 Å². The highest BCUT2D eigenvalue weighted by Crippen LogP contribution is 2.19. The van der Waals surface area contributed by atoms with Crippen LogP contribution in [0, 0.1) is 5.82 Å². The quantitative estimate of drug-likeness (QED) is 0.832. The SMILES string of the molecule is COc1ccc(F)c(C/C(=C/F)CN)c1. The van der Waals surface area contributed by atoms with E-state index in [1.54, 1.807) is 0 Å². The summed E-state index contributed by atoms with van der Waals surface area (Å²) in [6, 6.07) is 4.34. The second-order valence-electron chi connectivity index (χ2n) is 3.11. The largest absolute Gasteiger partial charge is 0.497 e. The molecule has 0 fully saturated rings. The monoisotopic (exact) mass is 213 g/mol. The summed E-state index contributed by atoms with van der Waals surface area (Å²) in [5, 5.41) is 0. The Hall–Kier alpha value is -1.42. The number of methoxy groups -OCH3 is 1. The van der Waals surface area contributed by atoms with Crippen LogP contribution < -0.4 is 10.5 Å². The van der Waals surface area contributed by atoms with Gasteiger partial charge in [-0.25, -0.2) is 8.78 Å². The average Bonchev–Trinajstić information content (AvgIpc) is 2.28. The molecule has 0 radical (unpaired) electrons. The first kappa shape index (κ1) is 11.7. The second-order valence-corrected chi connectivity index (χ2v) is 3.11. The van der Waals surface area contributed by atoms with Crippen molar-refractivity contribution in [3.8, 4) is 5.75 Å². The van der Waals surface area contributed by atoms with Gasteiger partial charge in [0.1, 0.15) is 11.6 Å². The molecule has 0 atom stereocenters. The van der Waals surface area contributed by atoms with E-state index in [4.69, 9.17) is 10.5 Å². The van der Waals surface area contributed by atoms with Crippen LogP contribution in [0.1, 0.15) is 5.56 Å². The molecule has 0 bridgehead atoms. The first-order valence-electron chi connectivity index (χ1n) is 4.52. The third kappa shape index (κ3) is 3.02. The molecule has 15 heavy (non-hydrogen) atoms. The van der Waals surface area contributed by atoms with E-state index in [2.05, 4.69) is 0 Å². The zero-order chi connectivity index (χ0) is 11.3. The van der Waals surface area contributed by atoms with Gasteiger partial charge in [-0.15, -0.1) is 0 Å². The molecule has 0 aromatic heterocycles. The van der Waals surface area contributed by atoms with Crippen molar-refractivity contribution in [1.82, 2.24) is 0 Å². The molecule has 0 aliphatic rings. The third-order valence-electron chi connectivity index (χ3n) is 2.09. The van der Waals surface area contributed by atoms with Gasteiger partial charge in [-0.1, -0.05) is 0 Å². The molecule has 0 amide bonds. The van der Waals surface area contributed by atoms with Crippen molar-refractivity contribution >= 4 is 0 Å². The Bertz CT molecular complexity index is 364. The van der Waals surface area contributed by atoms with Gasteiger partial charge in [-0.2, -0.15) is 0 Å². The van der Waals surface area contributed by atoms with E-state index in [9.17, 15) is 8.78 Å². The fourth-order valence-electron chi connectivity index (χ4n) is 1.21. The van der Waals surface area contributed by atoms with Crippen LogP contribution in [0.2, 0.25) is 0 Å². The summed E-state index contributed by atoms with van der Waals surface area (Å²) in [7, 11) is 1.49. The Morgan fingerprint density at radius 2 is 2.27 bits per heavy atom. The van der Waals surface area contributed by atoms with E-state index in [1.807, 2.05) is 0 Å². The summed E-state index contributed by atoms with van der Waals surface area (Å²) < 4.78 is 30.5. The molecular weight excluding hydrogens is 200 g/mol. The van der Waals surface area contributed by atoms with Crippen molar-refractivity contribution in [2.75, 3.05) is 13.7 Å². The molecule has 2 nitrogen and oxygen atoms in total. The van der Waals surface area contributed by atoms with E-state index >= 15 is 0 Å². The van der Waals surface area contributed by atoms with Gasteiger partial charge < -0.3 is 10.5 Å². The molecule has 0 aliphatic heterocycles. The van der Waals surface area contributed by atoms with Crippen molar-refractivity contribution < 1.29 is 13.5 Å². The smallest absolute Gasteiger partial charge is 0.126 e. The van der Waals surface area contributed by atoms with Crippen molar-refractivity contribution in [1.29, 1.82) is 0 Å². The Kier molecular flexibility index (Phi) is 4.24. The topological polar surface area (TPSA) is 35.2 Å². The lowest BCUT2D eigenvalue weighted by Gasteiger charge is -2.07. The number of rotatable bonds is 4. The lowest BCUT2D eigenvalue weighted by molar-refractivity contribution is 0.413. The fraction of sp³-hybridized carbons (Fsp3) is 0.273. The van der Waals surface area contributed by atoms with Crippen molar-refractivity contribution in [2.24, 2.45) is 5.73 Å². The first-order chi connectivity index (χ1) is 7.21. The molecule has 0 saturated heterocycles. The molecule has 82 valence electrons. The summed E-state index contributed by atoms with van der Waals surface area (Å²) in [6.45, 7) is 0.0765. The predicted molar refractivity (Wildman–Crippen MR) is 54.9 cm³/mol. The first-order valence-corrected chi connectivity index (χ1v) is 4.52. The highest BCUT2D eigenvalue weighted by Gasteiger charge is 2.06. The maximum Gasteiger partial charge on any atom is 0.126 e. The number of halogens is 2. The molecule has 0 aliphatic carbocycles. The van der Waals surface area contributed by atoms with Crippen LogP contribution in [0.3, 0.4) is 0 Å². The predicted octanol–water partition coefficient (Wildman–Crippen LogP) is 2.19. The van der Waals surface area contributed by atoms with E-state index in [-0.39, 0.29) is 18.8 Å². The molecule has 1 rings (SSSR count). The van der Waals surface area contributed by atoms with Crippen molar-refractivity contribution in [3.63, 3.8) is 0 Å². The number of nitrogens with two attached hydrogens (primary N) is 1. The maximum absolute atomic E-state index is 13.3. The Morgan fingerprint density at radius 1 is 1.53 bits per heavy atom. The van der Waals surface area contributed by atoms with Crippen molar-refractivity contribution in [2.45, 2.75) is 6.42 Å². The molecule has 0 unspecified atom stereocenters. The van der Waals surface area contributed by atoms with Gasteiger partial charge in [0.2, 0.25) is 0 Å². The minimum atomic E-state index is -0.386. The van der Waals surface area contributed by atoms with Gasteiger partial charge >= 0.3 is 0 Å². The van der Waals surface area contributed by atoms with Crippen LogP contribution in [0.25, 0.3) is 0 Å². The summed E-state index contributed by atoms with van der Waals surface area (Å²) in [4.78, 5) is 0. The van der Waals surface area contributed by atoms with Gasteiger partial charge in [0.05, 0.1) is 13.4 Å². The maximum atomic E-state index is 13.3. The van der Waals surface area contributed by atoms with E-state index in [0.717, 1.165) is 0 Å². The van der Waals surface area contributed by atoms with Gasteiger partial charge in [0, 0.05) is 13.0 Å². The third-order valence-corrected chi connectivity index (χ3v) is 2.09. The minimum absolute atomic E-state index is 0.0765. The number of hydrogen-bond donors (Lipinski definition) is 1. The standard InChI is InChI=1S/C11H13F2NO/c1-15-10-2-3-11(13)9(5-10)4-8(6-12)7-14/h2-3,5-6H,4,7,14H2,1H3/b8-6-. The molecule has 1 aromatic rings. The minimum Gasteiger partial charge on any atom is -0.497 e. The van der Waals surface area contributed by atoms with Crippen LogP contribution in [-0.4, -0.2) is 13.7 Å². The van der Waals surface area contributed by atoms with Crippen LogP contribution >= 0.6 is 0 Å². The van der Waals surface area contributed by atoms with Crippen LogP contribution in [0.5, 0.6) is 5.75 Å². The molecule has 0 spiro atoms. The van der Waals surface area contributed by atoms with Gasteiger partial charge in [0.25, 0.3) is 0 Å². The van der Waals surface area contributed by atoms with Crippen molar-refractivity contribution in [3.05, 3.63) is 41.5 Å². The van der Waals surface area contributed by atoms with E-state index < -0.39 is 0 Å². The molecule has 4 heteroatoms. The summed E-state index contributed by atoms with van der Waals surface area (Å²) in [5.41, 5.74) is 6.02. The zero-order valence-corrected chi connectivity index (χ0v) is 8.47. The zero-order valence-electron chi connectivity index (χ0n) is 8.47. The molecular formula is C11H13F2NO. The summed E-state index contributed by atoms with van der Waals surface area (Å²) in [6.07, 6.45) is 0.578. The fourth-order valence-corrected chi connectivity index (χ4v) is 1.21. The molecule has 1 aromatic carbocycles. The highest BCUT2D eigenvalue weighted by atomic mass is 19.1. The second kappa shape index (κ2) is 5.46. The molecule has 2 N–H and O–H groups in total. The lowest BCUT2D eigenvalue weighted by Crippen LogP contribution is -2.06. The normalized spacial score (nSPS) is 11.6. The van der Waals surface area contributed by atoms with E-state index in [1.165, 1.54) is 25.3 Å². The highest BCUT2D eigenvalue weighted by molar-refractivity contribution is 5.32. The molecule has 0 saturated carbocycles. The van der Waals surface area contributed by atoms with Crippen LogP contribution in [0.4, 0.5) is 8.78 Å². The van der Waals surface area contributed by atoms with Gasteiger partial charge in [-0.3, -0.25) is 0 Å². The van der Waals surface area contributed by atoms with Gasteiger partial charge in [-0.05, 0) is 29.3 Å².